The van der Waals surface area contributed by atoms with Gasteiger partial charge < -0.3 is 9.47 Å². The molecule has 0 aliphatic carbocycles. The van der Waals surface area contributed by atoms with Gasteiger partial charge in [0.25, 0.3) is 18.1 Å². The number of ether oxygens (including phenoxy) is 2. The summed E-state index contributed by atoms with van der Waals surface area (Å²) >= 11 is 0. The van der Waals surface area contributed by atoms with E-state index < -0.39 is 18.1 Å². The maximum Gasteiger partial charge on any atom is 0.261 e. The fourth-order valence-electron chi connectivity index (χ4n) is 3.82. The highest BCUT2D eigenvalue weighted by Gasteiger charge is 2.26. The van der Waals surface area contributed by atoms with E-state index in [-0.39, 0.29) is 9.79 Å². The van der Waals surface area contributed by atoms with Gasteiger partial charge in [-0.05, 0) is 32.0 Å². The number of hydrogen-bond donors (Lipinski definition) is 0. The molecule has 0 bridgehead atoms. The zero-order valence-electron chi connectivity index (χ0n) is 15.9. The first kappa shape index (κ1) is 21.2. The summed E-state index contributed by atoms with van der Waals surface area (Å²) in [4.78, 5) is -0.657. The van der Waals surface area contributed by atoms with E-state index >= 15 is 0 Å². The van der Waals surface area contributed by atoms with Crippen LogP contribution in [0.4, 0.5) is 0 Å². The molecule has 30 heavy (non-hydrogen) atoms. The van der Waals surface area contributed by atoms with Gasteiger partial charge in [0.1, 0.15) is 11.5 Å². The number of halogens is 2. The summed E-state index contributed by atoms with van der Waals surface area (Å²) in [7, 11) is 2.77. The third kappa shape index (κ3) is 3.32. The lowest BCUT2D eigenvalue weighted by molar-refractivity contribution is 0.328. The van der Waals surface area contributed by atoms with Crippen LogP contribution in [-0.4, -0.2) is 30.0 Å². The van der Waals surface area contributed by atoms with E-state index in [1.165, 1.54) is 0 Å². The predicted molar refractivity (Wildman–Crippen MR) is 119 cm³/mol. The van der Waals surface area contributed by atoms with Crippen LogP contribution < -0.4 is 9.47 Å². The van der Waals surface area contributed by atoms with E-state index in [0.29, 0.717) is 57.0 Å². The van der Waals surface area contributed by atoms with Crippen LogP contribution in [0.25, 0.3) is 32.3 Å². The van der Waals surface area contributed by atoms with Crippen molar-refractivity contribution in [2.75, 3.05) is 13.2 Å². The van der Waals surface area contributed by atoms with Crippen LogP contribution in [0.3, 0.4) is 0 Å². The standard InChI is InChI=1S/C20H16Cl2O6S2/c1-3-27-15-9-16(28-4-2)12-6-8-14-18(30(22,25)26)10-17(29(21,23)24)13-7-5-11(15)19(12)20(13)14/h5-10H,3-4H2,1-2H3. The molecule has 0 amide bonds. The van der Waals surface area contributed by atoms with Gasteiger partial charge >= 0.3 is 0 Å². The SMILES string of the molecule is CCOc1cc(OCC)c2ccc3c(S(=O)(=O)Cl)cc(S(=O)(=O)Cl)c4ccc1c2c43. The first-order valence-electron chi connectivity index (χ1n) is 9.01. The average molecular weight is 487 g/mol. The van der Waals surface area contributed by atoms with Gasteiger partial charge in [-0.3, -0.25) is 0 Å². The number of hydrogen-bond acceptors (Lipinski definition) is 6. The molecule has 0 fully saturated rings. The summed E-state index contributed by atoms with van der Waals surface area (Å²) in [6.45, 7) is 4.49. The van der Waals surface area contributed by atoms with E-state index in [2.05, 4.69) is 0 Å². The average Bonchev–Trinajstić information content (AvgIpc) is 2.66. The van der Waals surface area contributed by atoms with Gasteiger partial charge in [-0.2, -0.15) is 0 Å². The predicted octanol–water partition coefficient (Wildman–Crippen LogP) is 5.24. The van der Waals surface area contributed by atoms with Crippen molar-refractivity contribution in [3.05, 3.63) is 36.4 Å². The number of rotatable bonds is 6. The highest BCUT2D eigenvalue weighted by molar-refractivity contribution is 8.14. The molecule has 0 aromatic heterocycles. The topological polar surface area (TPSA) is 86.7 Å². The molecule has 0 saturated carbocycles. The van der Waals surface area contributed by atoms with Crippen molar-refractivity contribution in [2.24, 2.45) is 0 Å². The summed E-state index contributed by atoms with van der Waals surface area (Å²) in [6, 6.07) is 9.41. The minimum Gasteiger partial charge on any atom is -0.493 e. The van der Waals surface area contributed by atoms with Crippen molar-refractivity contribution in [1.82, 2.24) is 0 Å². The van der Waals surface area contributed by atoms with Gasteiger partial charge in [-0.1, -0.05) is 12.1 Å². The van der Waals surface area contributed by atoms with Gasteiger partial charge in [0, 0.05) is 59.7 Å². The normalized spacial score (nSPS) is 12.8. The van der Waals surface area contributed by atoms with Crippen LogP contribution in [0.5, 0.6) is 11.5 Å². The van der Waals surface area contributed by atoms with Crippen molar-refractivity contribution in [2.45, 2.75) is 23.6 Å². The molecular formula is C20H16Cl2O6S2. The second-order valence-electron chi connectivity index (χ2n) is 6.56. The molecule has 10 heteroatoms. The Bertz CT molecular complexity index is 1400. The second-order valence-corrected chi connectivity index (χ2v) is 11.6. The third-order valence-corrected chi connectivity index (χ3v) is 7.60. The number of benzene rings is 4. The summed E-state index contributed by atoms with van der Waals surface area (Å²) in [6.07, 6.45) is 0. The van der Waals surface area contributed by atoms with Crippen molar-refractivity contribution in [3.8, 4) is 11.5 Å². The fourth-order valence-corrected chi connectivity index (χ4v) is 6.04. The highest BCUT2D eigenvalue weighted by atomic mass is 35.7. The fraction of sp³-hybridized carbons (Fsp3) is 0.200. The zero-order valence-corrected chi connectivity index (χ0v) is 19.0. The largest absolute Gasteiger partial charge is 0.493 e. The van der Waals surface area contributed by atoms with E-state index in [9.17, 15) is 16.8 Å². The maximum absolute atomic E-state index is 12.3. The molecule has 0 aliphatic heterocycles. The van der Waals surface area contributed by atoms with Crippen LogP contribution in [0, 0.1) is 0 Å². The molecule has 0 saturated heterocycles. The maximum atomic E-state index is 12.3. The van der Waals surface area contributed by atoms with Gasteiger partial charge in [0.2, 0.25) is 0 Å². The minimum atomic E-state index is -4.26. The third-order valence-electron chi connectivity index (χ3n) is 4.87. The van der Waals surface area contributed by atoms with Crippen LogP contribution in [0.15, 0.2) is 46.2 Å². The molecule has 0 radical (unpaired) electrons. The smallest absolute Gasteiger partial charge is 0.261 e. The van der Waals surface area contributed by atoms with Crippen molar-refractivity contribution in [1.29, 1.82) is 0 Å². The quantitative estimate of drug-likeness (QED) is 0.273. The molecule has 4 rings (SSSR count). The Morgan fingerprint density at radius 1 is 0.667 bits per heavy atom. The van der Waals surface area contributed by atoms with Crippen LogP contribution in [0.2, 0.25) is 0 Å². The van der Waals surface area contributed by atoms with Gasteiger partial charge in [-0.25, -0.2) is 16.8 Å². The van der Waals surface area contributed by atoms with E-state index in [0.717, 1.165) is 6.07 Å². The summed E-state index contributed by atoms with van der Waals surface area (Å²) in [5, 5.41) is 2.99. The van der Waals surface area contributed by atoms with Gasteiger partial charge in [0.15, 0.2) is 0 Å². The summed E-state index contributed by atoms with van der Waals surface area (Å²) in [5.41, 5.74) is 0. The molecule has 6 nitrogen and oxygen atoms in total. The second kappa shape index (κ2) is 7.30. The lowest BCUT2D eigenvalue weighted by Gasteiger charge is -2.19. The monoisotopic (exact) mass is 486 g/mol. The Morgan fingerprint density at radius 3 is 1.40 bits per heavy atom. The summed E-state index contributed by atoms with van der Waals surface area (Å²) < 4.78 is 60.7. The van der Waals surface area contributed by atoms with Crippen molar-refractivity contribution >= 4 is 71.8 Å². The Hall–Kier alpha value is -2.00. The van der Waals surface area contributed by atoms with Crippen molar-refractivity contribution in [3.63, 3.8) is 0 Å². The molecule has 4 aromatic carbocycles. The van der Waals surface area contributed by atoms with Crippen LogP contribution in [0.1, 0.15) is 13.8 Å². The first-order valence-corrected chi connectivity index (χ1v) is 13.6. The summed E-state index contributed by atoms with van der Waals surface area (Å²) in [5.74, 6) is 1.08. The molecule has 0 aliphatic rings. The molecule has 0 spiro atoms. The molecule has 0 N–H and O–H groups in total. The minimum absolute atomic E-state index is 0.290. The molecule has 0 heterocycles. The Morgan fingerprint density at radius 2 is 1.03 bits per heavy atom. The molecule has 0 atom stereocenters. The first-order chi connectivity index (χ1) is 14.1. The van der Waals surface area contributed by atoms with Gasteiger partial charge in [-0.15, -0.1) is 0 Å². The van der Waals surface area contributed by atoms with E-state index in [1.807, 2.05) is 13.8 Å². The van der Waals surface area contributed by atoms with E-state index in [1.54, 1.807) is 30.3 Å². The molecule has 0 unspecified atom stereocenters. The zero-order chi connectivity index (χ0) is 21.8. The Balaban J connectivity index is 2.35. The Labute approximate surface area is 182 Å². The molecular weight excluding hydrogens is 471 g/mol. The molecule has 158 valence electrons. The van der Waals surface area contributed by atoms with Gasteiger partial charge in [0.05, 0.1) is 23.0 Å². The van der Waals surface area contributed by atoms with Crippen molar-refractivity contribution < 1.29 is 26.3 Å². The van der Waals surface area contributed by atoms with Crippen LogP contribution >= 0.6 is 21.4 Å². The lowest BCUT2D eigenvalue weighted by atomic mass is 9.93. The highest BCUT2D eigenvalue weighted by Crippen LogP contribution is 2.46. The van der Waals surface area contributed by atoms with Crippen LogP contribution in [-0.2, 0) is 18.1 Å². The van der Waals surface area contributed by atoms with E-state index in [4.69, 9.17) is 30.8 Å². The molecule has 4 aromatic rings. The lowest BCUT2D eigenvalue weighted by Crippen LogP contribution is -2.02. The Kier molecular flexibility index (Phi) is 5.17.